The lowest BCUT2D eigenvalue weighted by molar-refractivity contribution is 0.474. The van der Waals surface area contributed by atoms with Gasteiger partial charge in [0.2, 0.25) is 0 Å². The first kappa shape index (κ1) is 12.2. The Balaban J connectivity index is 1.84. The van der Waals surface area contributed by atoms with Crippen molar-refractivity contribution in [3.05, 3.63) is 58.3 Å². The topological polar surface area (TPSA) is 57.5 Å². The molecule has 96 valence electrons. The summed E-state index contributed by atoms with van der Waals surface area (Å²) in [5, 5.41) is 14.2. The highest BCUT2D eigenvalue weighted by atomic mass is 79.9. The van der Waals surface area contributed by atoms with Crippen molar-refractivity contribution in [1.82, 2.24) is 10.4 Å². The molecule has 4 nitrogen and oxygen atoms in total. The van der Waals surface area contributed by atoms with Crippen LogP contribution >= 0.6 is 15.9 Å². The van der Waals surface area contributed by atoms with Crippen LogP contribution in [-0.2, 0) is 0 Å². The Morgan fingerprint density at radius 3 is 3.00 bits per heavy atom. The van der Waals surface area contributed by atoms with E-state index in [9.17, 15) is 5.11 Å². The molecule has 2 N–H and O–H groups in total. The number of nitrogens with zero attached hydrogens (tertiary/aromatic N) is 2. The van der Waals surface area contributed by atoms with E-state index in [0.717, 1.165) is 27.7 Å². The summed E-state index contributed by atoms with van der Waals surface area (Å²) in [7, 11) is 0. The van der Waals surface area contributed by atoms with Gasteiger partial charge in [-0.1, -0.05) is 22.0 Å². The molecular weight excluding hydrogens is 306 g/mol. The Morgan fingerprint density at radius 1 is 1.32 bits per heavy atom. The van der Waals surface area contributed by atoms with Crippen LogP contribution in [0.2, 0.25) is 0 Å². The van der Waals surface area contributed by atoms with E-state index in [1.807, 2.05) is 24.4 Å². The fraction of sp³-hybridized carbons (Fsp3) is 0.143. The van der Waals surface area contributed by atoms with Crippen molar-refractivity contribution < 1.29 is 5.11 Å². The molecular formula is C14H12BrN3O. The van der Waals surface area contributed by atoms with Gasteiger partial charge >= 0.3 is 0 Å². The third kappa shape index (κ3) is 2.46. The number of hydrazone groups is 1. The Kier molecular flexibility index (Phi) is 3.21. The van der Waals surface area contributed by atoms with E-state index in [1.54, 1.807) is 18.3 Å². The molecule has 0 saturated carbocycles. The largest absolute Gasteiger partial charge is 0.507 e. The van der Waals surface area contributed by atoms with Crippen LogP contribution in [0, 0.1) is 0 Å². The molecule has 0 spiro atoms. The highest BCUT2D eigenvalue weighted by Gasteiger charge is 2.23. The number of pyridine rings is 1. The minimum atomic E-state index is 0.113. The van der Waals surface area contributed by atoms with Crippen molar-refractivity contribution in [1.29, 1.82) is 0 Å². The van der Waals surface area contributed by atoms with Crippen molar-refractivity contribution >= 4 is 21.6 Å². The number of phenols is 1. The molecule has 1 aliphatic heterocycles. The molecule has 0 fully saturated rings. The standard InChI is InChI=1S/C14H12BrN3O/c15-10-3-4-14(19)11(6-10)13-7-12(17-18-13)9-2-1-5-16-8-9/h1-6,8,12,17,19H,7H2. The van der Waals surface area contributed by atoms with E-state index in [0.29, 0.717) is 0 Å². The van der Waals surface area contributed by atoms with Crippen LogP contribution in [0.15, 0.2) is 52.3 Å². The maximum Gasteiger partial charge on any atom is 0.124 e. The fourth-order valence-electron chi connectivity index (χ4n) is 2.12. The molecule has 1 unspecified atom stereocenters. The van der Waals surface area contributed by atoms with Crippen LogP contribution in [0.4, 0.5) is 0 Å². The average molecular weight is 318 g/mol. The second kappa shape index (κ2) is 5.01. The third-order valence-corrected chi connectivity index (χ3v) is 3.60. The van der Waals surface area contributed by atoms with Gasteiger partial charge in [-0.05, 0) is 29.8 Å². The first-order valence-corrected chi connectivity index (χ1v) is 6.74. The van der Waals surface area contributed by atoms with Gasteiger partial charge in [0, 0.05) is 28.9 Å². The predicted octanol–water partition coefficient (Wildman–Crippen LogP) is 2.99. The van der Waals surface area contributed by atoms with Gasteiger partial charge in [-0.3, -0.25) is 4.98 Å². The minimum Gasteiger partial charge on any atom is -0.507 e. The van der Waals surface area contributed by atoms with Gasteiger partial charge in [-0.25, -0.2) is 0 Å². The normalized spacial score (nSPS) is 17.9. The molecule has 1 aromatic heterocycles. The Morgan fingerprint density at radius 2 is 2.21 bits per heavy atom. The lowest BCUT2D eigenvalue weighted by Gasteiger charge is -2.09. The summed E-state index contributed by atoms with van der Waals surface area (Å²) < 4.78 is 0.924. The molecule has 0 aliphatic carbocycles. The second-order valence-electron chi connectivity index (χ2n) is 4.39. The number of nitrogens with one attached hydrogen (secondary N) is 1. The van der Waals surface area contributed by atoms with E-state index in [-0.39, 0.29) is 11.8 Å². The number of benzene rings is 1. The van der Waals surface area contributed by atoms with Gasteiger partial charge in [-0.15, -0.1) is 0 Å². The predicted molar refractivity (Wildman–Crippen MR) is 77.1 cm³/mol. The number of halogens is 1. The number of rotatable bonds is 2. The lowest BCUT2D eigenvalue weighted by atomic mass is 10.00. The molecule has 19 heavy (non-hydrogen) atoms. The van der Waals surface area contributed by atoms with Crippen LogP contribution in [0.5, 0.6) is 5.75 Å². The summed E-state index contributed by atoms with van der Waals surface area (Å²) in [4.78, 5) is 4.11. The van der Waals surface area contributed by atoms with Crippen LogP contribution in [-0.4, -0.2) is 15.8 Å². The van der Waals surface area contributed by atoms with Crippen molar-refractivity contribution in [2.24, 2.45) is 5.10 Å². The van der Waals surface area contributed by atoms with E-state index in [4.69, 9.17) is 0 Å². The van der Waals surface area contributed by atoms with E-state index >= 15 is 0 Å². The summed E-state index contributed by atoms with van der Waals surface area (Å²) in [5.41, 5.74) is 5.79. The van der Waals surface area contributed by atoms with E-state index < -0.39 is 0 Å². The minimum absolute atomic E-state index is 0.113. The Labute approximate surface area is 119 Å². The lowest BCUT2D eigenvalue weighted by Crippen LogP contribution is -2.10. The van der Waals surface area contributed by atoms with Gasteiger partial charge in [0.15, 0.2) is 0 Å². The molecule has 0 bridgehead atoms. The summed E-state index contributed by atoms with van der Waals surface area (Å²) in [6.07, 6.45) is 4.31. The van der Waals surface area contributed by atoms with E-state index in [2.05, 4.69) is 31.4 Å². The molecule has 3 rings (SSSR count). The summed E-state index contributed by atoms with van der Waals surface area (Å²) in [5.74, 6) is 0.246. The second-order valence-corrected chi connectivity index (χ2v) is 5.31. The van der Waals surface area contributed by atoms with Crippen LogP contribution < -0.4 is 5.43 Å². The average Bonchev–Trinajstić information content (AvgIpc) is 2.92. The van der Waals surface area contributed by atoms with Crippen molar-refractivity contribution in [2.75, 3.05) is 0 Å². The Bertz CT molecular complexity index is 628. The quantitative estimate of drug-likeness (QED) is 0.895. The number of hydrogen-bond acceptors (Lipinski definition) is 4. The highest BCUT2D eigenvalue weighted by molar-refractivity contribution is 9.10. The summed E-state index contributed by atoms with van der Waals surface area (Å²) in [6, 6.07) is 9.39. The summed E-state index contributed by atoms with van der Waals surface area (Å²) >= 11 is 3.41. The zero-order valence-electron chi connectivity index (χ0n) is 10.0. The van der Waals surface area contributed by atoms with Gasteiger partial charge in [0.25, 0.3) is 0 Å². The highest BCUT2D eigenvalue weighted by Crippen LogP contribution is 2.29. The SMILES string of the molecule is Oc1ccc(Br)cc1C1=NNC(c2cccnc2)C1. The van der Waals surface area contributed by atoms with E-state index in [1.165, 1.54) is 0 Å². The molecule has 2 heterocycles. The van der Waals surface area contributed by atoms with Crippen molar-refractivity contribution in [3.8, 4) is 5.75 Å². The summed E-state index contributed by atoms with van der Waals surface area (Å²) in [6.45, 7) is 0. The van der Waals surface area contributed by atoms with Gasteiger partial charge < -0.3 is 10.5 Å². The number of hydrogen-bond donors (Lipinski definition) is 2. The molecule has 1 atom stereocenters. The molecule has 0 amide bonds. The van der Waals surface area contributed by atoms with Crippen LogP contribution in [0.25, 0.3) is 0 Å². The fourth-order valence-corrected chi connectivity index (χ4v) is 2.49. The molecule has 0 radical (unpaired) electrons. The third-order valence-electron chi connectivity index (χ3n) is 3.11. The molecule has 1 aromatic carbocycles. The molecule has 2 aromatic rings. The van der Waals surface area contributed by atoms with Gasteiger partial charge in [0.1, 0.15) is 5.75 Å². The first-order valence-electron chi connectivity index (χ1n) is 5.95. The molecule has 5 heteroatoms. The first-order chi connectivity index (χ1) is 9.24. The maximum absolute atomic E-state index is 9.91. The zero-order valence-corrected chi connectivity index (χ0v) is 11.6. The van der Waals surface area contributed by atoms with Crippen LogP contribution in [0.3, 0.4) is 0 Å². The Hall–Kier alpha value is -1.88. The molecule has 1 aliphatic rings. The number of phenolic OH excluding ortho intramolecular Hbond substituents is 1. The zero-order chi connectivity index (χ0) is 13.2. The maximum atomic E-state index is 9.91. The smallest absolute Gasteiger partial charge is 0.124 e. The monoisotopic (exact) mass is 317 g/mol. The molecule has 0 saturated heterocycles. The van der Waals surface area contributed by atoms with Gasteiger partial charge in [-0.2, -0.15) is 5.10 Å². The van der Waals surface area contributed by atoms with Crippen molar-refractivity contribution in [3.63, 3.8) is 0 Å². The van der Waals surface area contributed by atoms with Crippen LogP contribution in [0.1, 0.15) is 23.6 Å². The van der Waals surface area contributed by atoms with Gasteiger partial charge in [0.05, 0.1) is 11.8 Å². The number of aromatic hydroxyl groups is 1. The van der Waals surface area contributed by atoms with Crippen molar-refractivity contribution in [2.45, 2.75) is 12.5 Å². The number of aromatic nitrogens is 1.